The summed E-state index contributed by atoms with van der Waals surface area (Å²) in [6.45, 7) is 4.30. The number of aromatic nitrogens is 2. The van der Waals surface area contributed by atoms with Gasteiger partial charge in [0, 0.05) is 50.6 Å². The first-order chi connectivity index (χ1) is 13.4. The minimum atomic E-state index is -3.56. The number of piperidine rings is 1. The lowest BCUT2D eigenvalue weighted by atomic mass is 9.96. The van der Waals surface area contributed by atoms with Crippen LogP contribution in [-0.4, -0.2) is 49.1 Å². The summed E-state index contributed by atoms with van der Waals surface area (Å²) in [5.41, 5.74) is 1.29. The fraction of sp³-hybridized carbons (Fsp3) is 0.550. The van der Waals surface area contributed by atoms with E-state index in [2.05, 4.69) is 9.55 Å². The summed E-state index contributed by atoms with van der Waals surface area (Å²) in [5, 5.41) is 0. The molecule has 0 N–H and O–H groups in total. The zero-order valence-electron chi connectivity index (χ0n) is 16.5. The number of methoxy groups -OCH3 is 1. The second kappa shape index (κ2) is 9.15. The fourth-order valence-electron chi connectivity index (χ4n) is 3.77. The zero-order chi connectivity index (χ0) is 20.1. The van der Waals surface area contributed by atoms with Crippen LogP contribution >= 0.6 is 0 Å². The van der Waals surface area contributed by atoms with E-state index in [9.17, 15) is 12.8 Å². The van der Waals surface area contributed by atoms with E-state index in [0.717, 1.165) is 37.3 Å². The quantitative estimate of drug-likeness (QED) is 0.673. The van der Waals surface area contributed by atoms with Crippen LogP contribution in [0.25, 0.3) is 0 Å². The molecule has 0 saturated carbocycles. The van der Waals surface area contributed by atoms with Crippen molar-refractivity contribution in [2.24, 2.45) is 5.92 Å². The SMILES string of the molecule is COCCn1c(C)cnc1C[C@H]1CCCN(S(=O)(=O)Cc2ccccc2F)C1. The second-order valence-corrected chi connectivity index (χ2v) is 9.35. The van der Waals surface area contributed by atoms with Gasteiger partial charge < -0.3 is 9.30 Å². The third-order valence-corrected chi connectivity index (χ3v) is 7.09. The minimum absolute atomic E-state index is 0.201. The van der Waals surface area contributed by atoms with Gasteiger partial charge in [-0.25, -0.2) is 22.1 Å². The van der Waals surface area contributed by atoms with Crippen LogP contribution in [0.1, 0.15) is 29.9 Å². The number of imidazole rings is 1. The van der Waals surface area contributed by atoms with E-state index in [1.165, 1.54) is 16.4 Å². The van der Waals surface area contributed by atoms with Gasteiger partial charge in [0.1, 0.15) is 11.6 Å². The van der Waals surface area contributed by atoms with Crippen LogP contribution in [0.3, 0.4) is 0 Å². The van der Waals surface area contributed by atoms with Crippen molar-refractivity contribution < 1.29 is 17.5 Å². The van der Waals surface area contributed by atoms with Crippen LogP contribution in [0.15, 0.2) is 30.5 Å². The van der Waals surface area contributed by atoms with Crippen LogP contribution in [-0.2, 0) is 33.5 Å². The van der Waals surface area contributed by atoms with Gasteiger partial charge in [-0.3, -0.25) is 0 Å². The maximum absolute atomic E-state index is 13.9. The van der Waals surface area contributed by atoms with E-state index in [1.54, 1.807) is 19.2 Å². The molecule has 0 bridgehead atoms. The Bertz CT molecular complexity index is 898. The molecule has 1 aliphatic rings. The molecule has 2 aromatic rings. The maximum atomic E-state index is 13.9. The van der Waals surface area contributed by atoms with Gasteiger partial charge in [-0.15, -0.1) is 0 Å². The molecule has 2 heterocycles. The summed E-state index contributed by atoms with van der Waals surface area (Å²) in [4.78, 5) is 4.52. The van der Waals surface area contributed by atoms with E-state index >= 15 is 0 Å². The third kappa shape index (κ3) is 4.98. The lowest BCUT2D eigenvalue weighted by molar-refractivity contribution is 0.184. The lowest BCUT2D eigenvalue weighted by Crippen LogP contribution is -2.41. The Labute approximate surface area is 166 Å². The number of nitrogens with zero attached hydrogens (tertiary/aromatic N) is 3. The summed E-state index contributed by atoms with van der Waals surface area (Å²) >= 11 is 0. The highest BCUT2D eigenvalue weighted by atomic mass is 32.2. The molecule has 1 saturated heterocycles. The summed E-state index contributed by atoms with van der Waals surface area (Å²) in [6.07, 6.45) is 4.34. The molecule has 0 spiro atoms. The van der Waals surface area contributed by atoms with E-state index in [1.807, 2.05) is 13.1 Å². The molecule has 8 heteroatoms. The van der Waals surface area contributed by atoms with Gasteiger partial charge in [0.05, 0.1) is 12.4 Å². The average molecular weight is 410 g/mol. The monoisotopic (exact) mass is 409 g/mol. The average Bonchev–Trinajstić information content (AvgIpc) is 3.01. The van der Waals surface area contributed by atoms with Crippen molar-refractivity contribution in [2.75, 3.05) is 26.8 Å². The van der Waals surface area contributed by atoms with E-state index in [-0.39, 0.29) is 17.2 Å². The Balaban J connectivity index is 1.68. The number of halogens is 1. The summed E-state index contributed by atoms with van der Waals surface area (Å²) in [5.74, 6) is 0.393. The molecule has 0 radical (unpaired) electrons. The van der Waals surface area contributed by atoms with Crippen LogP contribution < -0.4 is 0 Å². The molecule has 1 atom stereocenters. The minimum Gasteiger partial charge on any atom is -0.383 e. The smallest absolute Gasteiger partial charge is 0.218 e. The molecule has 0 unspecified atom stereocenters. The Morgan fingerprint density at radius 1 is 1.32 bits per heavy atom. The number of sulfonamides is 1. The van der Waals surface area contributed by atoms with Gasteiger partial charge in [-0.1, -0.05) is 18.2 Å². The Kier molecular flexibility index (Phi) is 6.85. The highest BCUT2D eigenvalue weighted by molar-refractivity contribution is 7.88. The molecule has 6 nitrogen and oxygen atoms in total. The van der Waals surface area contributed by atoms with Gasteiger partial charge in [0.25, 0.3) is 0 Å². The highest BCUT2D eigenvalue weighted by Gasteiger charge is 2.30. The number of ether oxygens (including phenoxy) is 1. The van der Waals surface area contributed by atoms with E-state index < -0.39 is 15.8 Å². The number of aryl methyl sites for hydroxylation is 1. The van der Waals surface area contributed by atoms with Gasteiger partial charge in [-0.05, 0) is 31.7 Å². The molecular weight excluding hydrogens is 381 g/mol. The molecule has 154 valence electrons. The van der Waals surface area contributed by atoms with E-state index in [0.29, 0.717) is 19.7 Å². The van der Waals surface area contributed by atoms with Crippen molar-refractivity contribution in [2.45, 2.75) is 38.5 Å². The number of hydrogen-bond acceptors (Lipinski definition) is 4. The van der Waals surface area contributed by atoms with Crippen LogP contribution in [0, 0.1) is 18.7 Å². The third-order valence-electron chi connectivity index (χ3n) is 5.30. The van der Waals surface area contributed by atoms with Crippen LogP contribution in [0.4, 0.5) is 4.39 Å². The highest BCUT2D eigenvalue weighted by Crippen LogP contribution is 2.25. The van der Waals surface area contributed by atoms with Crippen molar-refractivity contribution >= 4 is 10.0 Å². The predicted octanol–water partition coefficient (Wildman–Crippen LogP) is 2.76. The Morgan fingerprint density at radius 3 is 2.86 bits per heavy atom. The van der Waals surface area contributed by atoms with Crippen LogP contribution in [0.5, 0.6) is 0 Å². The standard InChI is InChI=1S/C20H28FN3O3S/c1-16-13-22-20(24(16)10-11-27-2)12-17-6-5-9-23(14-17)28(25,26)15-18-7-3-4-8-19(18)21/h3-4,7-8,13,17H,5-6,9-12,14-15H2,1-2H3/t17-/m1/s1. The van der Waals surface area contributed by atoms with Crippen LogP contribution in [0.2, 0.25) is 0 Å². The first kappa shape index (κ1) is 21.0. The van der Waals surface area contributed by atoms with Crippen molar-refractivity contribution in [3.8, 4) is 0 Å². The summed E-state index contributed by atoms with van der Waals surface area (Å²) < 4.78 is 48.4. The van der Waals surface area contributed by atoms with Crippen molar-refractivity contribution in [3.63, 3.8) is 0 Å². The Morgan fingerprint density at radius 2 is 2.11 bits per heavy atom. The van der Waals surface area contributed by atoms with Crippen molar-refractivity contribution in [1.82, 2.24) is 13.9 Å². The van der Waals surface area contributed by atoms with Gasteiger partial charge in [0.2, 0.25) is 10.0 Å². The van der Waals surface area contributed by atoms with Gasteiger partial charge >= 0.3 is 0 Å². The molecule has 0 aliphatic carbocycles. The molecule has 3 rings (SSSR count). The van der Waals surface area contributed by atoms with Crippen molar-refractivity contribution in [3.05, 3.63) is 53.4 Å². The molecule has 1 aliphatic heterocycles. The topological polar surface area (TPSA) is 64.4 Å². The number of hydrogen-bond donors (Lipinski definition) is 0. The molecular formula is C20H28FN3O3S. The second-order valence-electron chi connectivity index (χ2n) is 7.38. The normalized spacial score (nSPS) is 18.5. The molecule has 0 amide bonds. The van der Waals surface area contributed by atoms with Crippen molar-refractivity contribution in [1.29, 1.82) is 0 Å². The van der Waals surface area contributed by atoms with E-state index in [4.69, 9.17) is 4.74 Å². The molecule has 28 heavy (non-hydrogen) atoms. The fourth-order valence-corrected chi connectivity index (χ4v) is 5.42. The molecule has 1 aromatic carbocycles. The predicted molar refractivity (Wildman–Crippen MR) is 106 cm³/mol. The zero-order valence-corrected chi connectivity index (χ0v) is 17.3. The number of rotatable bonds is 8. The first-order valence-corrected chi connectivity index (χ1v) is 11.2. The molecule has 1 aromatic heterocycles. The molecule has 1 fully saturated rings. The Hall–Kier alpha value is -1.77. The summed E-state index contributed by atoms with van der Waals surface area (Å²) in [7, 11) is -1.89. The van der Waals surface area contributed by atoms with Gasteiger partial charge in [-0.2, -0.15) is 0 Å². The lowest BCUT2D eigenvalue weighted by Gasteiger charge is -2.32. The number of benzene rings is 1. The largest absolute Gasteiger partial charge is 0.383 e. The summed E-state index contributed by atoms with van der Waals surface area (Å²) in [6, 6.07) is 6.06. The maximum Gasteiger partial charge on any atom is 0.218 e. The van der Waals surface area contributed by atoms with Gasteiger partial charge in [0.15, 0.2) is 0 Å². The first-order valence-electron chi connectivity index (χ1n) is 9.62.